The number of ether oxygens (including phenoxy) is 1. The van der Waals surface area contributed by atoms with Gasteiger partial charge in [0.1, 0.15) is 18.1 Å². The number of hydrogen-bond donors (Lipinski definition) is 4. The third kappa shape index (κ3) is 4.65. The molecule has 0 radical (unpaired) electrons. The zero-order chi connectivity index (χ0) is 17.7. The van der Waals surface area contributed by atoms with Gasteiger partial charge in [-0.2, -0.15) is 0 Å². The maximum atomic E-state index is 11.9. The summed E-state index contributed by atoms with van der Waals surface area (Å²) in [6.45, 7) is 3.12. The molecule has 126 valence electrons. The van der Waals surface area contributed by atoms with Crippen molar-refractivity contribution >= 4 is 23.7 Å². The first-order valence-corrected chi connectivity index (χ1v) is 6.60. The van der Waals surface area contributed by atoms with Crippen molar-refractivity contribution in [1.29, 1.82) is 0 Å². The number of hydrogen-bond acceptors (Lipinski definition) is 6. The standard InChI is InChI=1S/C14H16O9/c1-6(13(19)20)23-9-4-2-7(8(15)3-5-10(16)17)11(12(9)18)14(21)22/h2,9,11-12,18H,1,3-5H2,(H,16,17)(H,19,20)(H,21,22). The maximum Gasteiger partial charge on any atom is 0.370 e. The summed E-state index contributed by atoms with van der Waals surface area (Å²) in [5.41, 5.74) is -0.216. The Kier molecular flexibility index (Phi) is 6.02. The van der Waals surface area contributed by atoms with Crippen molar-refractivity contribution in [1.82, 2.24) is 0 Å². The van der Waals surface area contributed by atoms with Crippen molar-refractivity contribution in [3.63, 3.8) is 0 Å². The molecule has 9 heteroatoms. The van der Waals surface area contributed by atoms with E-state index in [9.17, 15) is 29.4 Å². The van der Waals surface area contributed by atoms with Crippen LogP contribution in [-0.2, 0) is 23.9 Å². The number of aliphatic hydroxyl groups is 1. The van der Waals surface area contributed by atoms with Crippen LogP contribution < -0.4 is 0 Å². The molecule has 0 saturated heterocycles. The first kappa shape index (κ1) is 18.4. The predicted octanol–water partition coefficient (Wildman–Crippen LogP) is -0.204. The molecule has 0 saturated carbocycles. The predicted molar refractivity (Wildman–Crippen MR) is 73.4 cm³/mol. The molecule has 0 bridgehead atoms. The Morgan fingerprint density at radius 3 is 2.26 bits per heavy atom. The highest BCUT2D eigenvalue weighted by Gasteiger charge is 2.42. The SMILES string of the molecule is C=C(OC1CC=C(C(=O)CCC(=O)O)C(C(=O)O)C1O)C(=O)O. The fourth-order valence-electron chi connectivity index (χ4n) is 2.19. The van der Waals surface area contributed by atoms with E-state index in [1.165, 1.54) is 6.08 Å². The number of aliphatic hydroxyl groups excluding tert-OH is 1. The van der Waals surface area contributed by atoms with E-state index in [2.05, 4.69) is 6.58 Å². The smallest absolute Gasteiger partial charge is 0.370 e. The Bertz CT molecular complexity index is 575. The van der Waals surface area contributed by atoms with Crippen LogP contribution in [0.5, 0.6) is 0 Å². The average molecular weight is 328 g/mol. The van der Waals surface area contributed by atoms with E-state index in [-0.39, 0.29) is 12.0 Å². The lowest BCUT2D eigenvalue weighted by molar-refractivity contribution is -0.150. The van der Waals surface area contributed by atoms with Gasteiger partial charge in [-0.15, -0.1) is 0 Å². The molecular weight excluding hydrogens is 312 g/mol. The molecule has 0 fully saturated rings. The van der Waals surface area contributed by atoms with Gasteiger partial charge in [-0.05, 0) is 6.58 Å². The normalized spacial score (nSPS) is 23.5. The molecule has 1 aliphatic carbocycles. The fourth-order valence-corrected chi connectivity index (χ4v) is 2.19. The van der Waals surface area contributed by atoms with Gasteiger partial charge in [0.25, 0.3) is 0 Å². The molecule has 23 heavy (non-hydrogen) atoms. The van der Waals surface area contributed by atoms with E-state index in [1.807, 2.05) is 0 Å². The van der Waals surface area contributed by atoms with Crippen molar-refractivity contribution in [2.24, 2.45) is 5.92 Å². The molecule has 1 rings (SSSR count). The van der Waals surface area contributed by atoms with Crippen LogP contribution >= 0.6 is 0 Å². The number of carboxylic acids is 3. The Hall–Kier alpha value is -2.68. The van der Waals surface area contributed by atoms with Gasteiger partial charge in [-0.3, -0.25) is 14.4 Å². The molecule has 0 aromatic rings. The number of Topliss-reactive ketones (excluding diaryl/α,β-unsaturated/α-hetero) is 1. The van der Waals surface area contributed by atoms with Gasteiger partial charge in [-0.25, -0.2) is 4.79 Å². The summed E-state index contributed by atoms with van der Waals surface area (Å²) < 4.78 is 4.91. The number of ketones is 1. The van der Waals surface area contributed by atoms with Gasteiger partial charge >= 0.3 is 17.9 Å². The molecule has 3 unspecified atom stereocenters. The lowest BCUT2D eigenvalue weighted by atomic mass is 9.80. The summed E-state index contributed by atoms with van der Waals surface area (Å²) in [5.74, 6) is -7.16. The second-order valence-corrected chi connectivity index (χ2v) is 4.90. The fraction of sp³-hybridized carbons (Fsp3) is 0.429. The summed E-state index contributed by atoms with van der Waals surface area (Å²) in [5, 5.41) is 36.5. The molecular formula is C14H16O9. The minimum atomic E-state index is -1.67. The lowest BCUT2D eigenvalue weighted by Gasteiger charge is -2.32. The Labute approximate surface area is 130 Å². The van der Waals surface area contributed by atoms with E-state index in [4.69, 9.17) is 14.9 Å². The summed E-state index contributed by atoms with van der Waals surface area (Å²) in [7, 11) is 0. The summed E-state index contributed by atoms with van der Waals surface area (Å²) in [6, 6.07) is 0. The molecule has 4 N–H and O–H groups in total. The number of carbonyl (C=O) groups is 4. The molecule has 9 nitrogen and oxygen atoms in total. The van der Waals surface area contributed by atoms with Crippen molar-refractivity contribution in [2.75, 3.05) is 0 Å². The first-order valence-electron chi connectivity index (χ1n) is 6.60. The van der Waals surface area contributed by atoms with Crippen LogP contribution in [0.25, 0.3) is 0 Å². The van der Waals surface area contributed by atoms with E-state index in [0.717, 1.165) is 0 Å². The molecule has 3 atom stereocenters. The van der Waals surface area contributed by atoms with Crippen LogP contribution in [0.15, 0.2) is 24.0 Å². The highest BCUT2D eigenvalue weighted by Crippen LogP contribution is 2.30. The zero-order valence-electron chi connectivity index (χ0n) is 12.0. The number of carbonyl (C=O) groups excluding carboxylic acids is 1. The van der Waals surface area contributed by atoms with E-state index >= 15 is 0 Å². The van der Waals surface area contributed by atoms with E-state index < -0.39 is 60.4 Å². The molecule has 0 aromatic heterocycles. The Morgan fingerprint density at radius 1 is 1.17 bits per heavy atom. The molecule has 1 aliphatic rings. The van der Waals surface area contributed by atoms with Crippen LogP contribution in [0.4, 0.5) is 0 Å². The monoisotopic (exact) mass is 328 g/mol. The van der Waals surface area contributed by atoms with Crippen molar-refractivity contribution in [3.05, 3.63) is 24.0 Å². The Morgan fingerprint density at radius 2 is 1.78 bits per heavy atom. The minimum absolute atomic E-state index is 0.106. The van der Waals surface area contributed by atoms with Crippen molar-refractivity contribution < 1.29 is 44.3 Å². The molecule has 0 aromatic carbocycles. The van der Waals surface area contributed by atoms with Crippen molar-refractivity contribution in [3.8, 4) is 0 Å². The van der Waals surface area contributed by atoms with E-state index in [1.54, 1.807) is 0 Å². The van der Waals surface area contributed by atoms with Crippen LogP contribution in [0, 0.1) is 5.92 Å². The lowest BCUT2D eigenvalue weighted by Crippen LogP contribution is -2.44. The zero-order valence-corrected chi connectivity index (χ0v) is 12.0. The second kappa shape index (κ2) is 7.54. The number of rotatable bonds is 8. The van der Waals surface area contributed by atoms with Gasteiger partial charge in [0.05, 0.1) is 6.42 Å². The maximum absolute atomic E-state index is 11.9. The highest BCUT2D eigenvalue weighted by molar-refractivity contribution is 6.01. The summed E-state index contributed by atoms with van der Waals surface area (Å²) in [6.07, 6.45) is -2.60. The molecule has 0 heterocycles. The van der Waals surface area contributed by atoms with Gasteiger partial charge in [0.15, 0.2) is 11.5 Å². The first-order chi connectivity index (χ1) is 10.6. The van der Waals surface area contributed by atoms with Gasteiger partial charge < -0.3 is 25.2 Å². The second-order valence-electron chi connectivity index (χ2n) is 4.90. The summed E-state index contributed by atoms with van der Waals surface area (Å²) in [4.78, 5) is 44.4. The van der Waals surface area contributed by atoms with Crippen LogP contribution in [0.2, 0.25) is 0 Å². The number of aliphatic carboxylic acids is 3. The quantitative estimate of drug-likeness (QED) is 0.349. The third-order valence-electron chi connectivity index (χ3n) is 3.31. The Balaban J connectivity index is 2.95. The van der Waals surface area contributed by atoms with Gasteiger partial charge in [0.2, 0.25) is 0 Å². The summed E-state index contributed by atoms with van der Waals surface area (Å²) >= 11 is 0. The third-order valence-corrected chi connectivity index (χ3v) is 3.31. The molecule has 0 amide bonds. The van der Waals surface area contributed by atoms with E-state index in [0.29, 0.717) is 0 Å². The average Bonchev–Trinajstić information content (AvgIpc) is 2.45. The van der Waals surface area contributed by atoms with Gasteiger partial charge in [0, 0.05) is 18.4 Å². The van der Waals surface area contributed by atoms with Crippen molar-refractivity contribution in [2.45, 2.75) is 31.5 Å². The molecule has 0 aliphatic heterocycles. The molecule has 0 spiro atoms. The van der Waals surface area contributed by atoms with Gasteiger partial charge in [-0.1, -0.05) is 6.08 Å². The number of carboxylic acid groups (broad SMARTS) is 3. The largest absolute Gasteiger partial charge is 0.481 e. The minimum Gasteiger partial charge on any atom is -0.481 e. The van der Waals surface area contributed by atoms with Crippen LogP contribution in [-0.4, -0.2) is 56.3 Å². The highest BCUT2D eigenvalue weighted by atomic mass is 16.5. The topological polar surface area (TPSA) is 158 Å². The van der Waals surface area contributed by atoms with Crippen LogP contribution in [0.1, 0.15) is 19.3 Å². The van der Waals surface area contributed by atoms with Crippen LogP contribution in [0.3, 0.4) is 0 Å².